The van der Waals surface area contributed by atoms with E-state index in [1.165, 1.54) is 24.4 Å². The van der Waals surface area contributed by atoms with Gasteiger partial charge >= 0.3 is 0 Å². The first-order chi connectivity index (χ1) is 12.0. The van der Waals surface area contributed by atoms with Gasteiger partial charge in [0.05, 0.1) is 15.5 Å². The van der Waals surface area contributed by atoms with Gasteiger partial charge in [0.15, 0.2) is 0 Å². The van der Waals surface area contributed by atoms with E-state index in [9.17, 15) is 23.6 Å². The monoisotopic (exact) mass is 376 g/mol. The van der Waals surface area contributed by atoms with Crippen LogP contribution in [0.4, 0.5) is 11.4 Å². The maximum absolute atomic E-state index is 12.4. The van der Waals surface area contributed by atoms with Crippen LogP contribution in [0.5, 0.6) is 5.75 Å². The number of aliphatic imine (C=N–C) groups is 1. The normalized spacial score (nSPS) is 12.4. The molecule has 0 saturated heterocycles. The highest BCUT2D eigenvalue weighted by Gasteiger charge is 2.22. The highest BCUT2D eigenvalue weighted by Crippen LogP contribution is 2.22. The van der Waals surface area contributed by atoms with E-state index in [-0.39, 0.29) is 16.1 Å². The van der Waals surface area contributed by atoms with E-state index in [4.69, 9.17) is 0 Å². The van der Waals surface area contributed by atoms with Gasteiger partial charge < -0.3 is 5.11 Å². The number of non-ortho nitro benzene ring substituents is 1. The lowest BCUT2D eigenvalue weighted by molar-refractivity contribution is -0.385. The summed E-state index contributed by atoms with van der Waals surface area (Å²) < 4.78 is 27.3. The third-order valence-electron chi connectivity index (χ3n) is 3.13. The minimum absolute atomic E-state index is 0.0310. The number of nitrogens with one attached hydrogen (secondary N) is 1. The molecule has 0 bridgehead atoms. The molecule has 0 aliphatic rings. The van der Waals surface area contributed by atoms with E-state index in [2.05, 4.69) is 9.71 Å². The van der Waals surface area contributed by atoms with Gasteiger partial charge in [0.1, 0.15) is 0 Å². The summed E-state index contributed by atoms with van der Waals surface area (Å²) in [4.78, 5) is 14.3. The molecule has 0 radical (unpaired) electrons. The first-order valence-corrected chi connectivity index (χ1v) is 9.10. The van der Waals surface area contributed by atoms with Crippen LogP contribution in [-0.4, -0.2) is 25.1 Å². The molecule has 2 aromatic rings. The van der Waals surface area contributed by atoms with Crippen LogP contribution in [0, 0.1) is 10.1 Å². The summed E-state index contributed by atoms with van der Waals surface area (Å²) in [7, 11) is -3.72. The minimum Gasteiger partial charge on any atom is -0.872 e. The number of nitro groups is 1. The van der Waals surface area contributed by atoms with Gasteiger partial charge in [-0.2, -0.15) is 0 Å². The number of nitrogens with zero attached hydrogens (tertiary/aromatic N) is 2. The molecule has 0 amide bonds. The van der Waals surface area contributed by atoms with Crippen molar-refractivity contribution in [2.75, 3.05) is 0 Å². The Balaban J connectivity index is 2.33. The lowest BCUT2D eigenvalue weighted by Crippen LogP contribution is -2.40. The first-order valence-electron chi connectivity index (χ1n) is 7.61. The second-order valence-corrected chi connectivity index (χ2v) is 8.27. The average molecular weight is 376 g/mol. The third-order valence-corrected chi connectivity index (χ3v) is 4.88. The van der Waals surface area contributed by atoms with Crippen LogP contribution >= 0.6 is 0 Å². The Kier molecular flexibility index (Phi) is 5.43. The van der Waals surface area contributed by atoms with Crippen molar-refractivity contribution in [3.05, 3.63) is 58.1 Å². The standard InChI is InChI=1S/C17H19N3O5S/c1-17(2,3)19-26(24,25)15-6-4-5-13(10-15)18-11-12-9-14(20(22)23)7-8-16(12)21/h4-11,19,21H,1-3H3/p-1. The summed E-state index contributed by atoms with van der Waals surface area (Å²) >= 11 is 0. The molecule has 2 aromatic carbocycles. The zero-order valence-corrected chi connectivity index (χ0v) is 15.3. The number of rotatable bonds is 5. The van der Waals surface area contributed by atoms with Gasteiger partial charge in [-0.3, -0.25) is 15.1 Å². The van der Waals surface area contributed by atoms with Crippen molar-refractivity contribution in [3.63, 3.8) is 0 Å². The Labute approximate surface area is 151 Å². The second kappa shape index (κ2) is 7.22. The molecule has 138 valence electrons. The van der Waals surface area contributed by atoms with Gasteiger partial charge in [-0.25, -0.2) is 13.1 Å². The van der Waals surface area contributed by atoms with Crippen molar-refractivity contribution in [2.24, 2.45) is 4.99 Å². The van der Waals surface area contributed by atoms with E-state index in [1.54, 1.807) is 26.8 Å². The van der Waals surface area contributed by atoms with E-state index in [0.29, 0.717) is 5.69 Å². The van der Waals surface area contributed by atoms with Crippen molar-refractivity contribution in [1.29, 1.82) is 0 Å². The molecule has 2 rings (SSSR count). The molecule has 0 heterocycles. The fourth-order valence-corrected chi connectivity index (χ4v) is 3.55. The average Bonchev–Trinajstić information content (AvgIpc) is 2.52. The molecule has 0 aromatic heterocycles. The molecule has 0 aliphatic heterocycles. The van der Waals surface area contributed by atoms with Gasteiger partial charge in [-0.1, -0.05) is 17.9 Å². The maximum atomic E-state index is 12.4. The molecule has 0 saturated carbocycles. The number of hydrogen-bond donors (Lipinski definition) is 1. The smallest absolute Gasteiger partial charge is 0.270 e. The van der Waals surface area contributed by atoms with Gasteiger partial charge in [-0.05, 0) is 44.5 Å². The number of hydrogen-bond acceptors (Lipinski definition) is 6. The quantitative estimate of drug-likeness (QED) is 0.487. The van der Waals surface area contributed by atoms with Gasteiger partial charge in [0.2, 0.25) is 10.0 Å². The van der Waals surface area contributed by atoms with Gasteiger partial charge in [0.25, 0.3) is 5.69 Å². The summed E-state index contributed by atoms with van der Waals surface area (Å²) in [5, 5.41) is 22.6. The largest absolute Gasteiger partial charge is 0.872 e. The Hall–Kier alpha value is -2.78. The summed E-state index contributed by atoms with van der Waals surface area (Å²) in [6, 6.07) is 9.20. The van der Waals surface area contributed by atoms with E-state index >= 15 is 0 Å². The molecular formula is C17H18N3O5S-. The molecule has 26 heavy (non-hydrogen) atoms. The Morgan fingerprint density at radius 2 is 1.85 bits per heavy atom. The van der Waals surface area contributed by atoms with Crippen molar-refractivity contribution in [1.82, 2.24) is 4.72 Å². The highest BCUT2D eigenvalue weighted by atomic mass is 32.2. The summed E-state index contributed by atoms with van der Waals surface area (Å²) in [6.07, 6.45) is 1.18. The fraction of sp³-hybridized carbons (Fsp3) is 0.235. The Bertz CT molecular complexity index is 963. The molecule has 8 nitrogen and oxygen atoms in total. The molecule has 0 atom stereocenters. The molecule has 0 spiro atoms. The lowest BCUT2D eigenvalue weighted by Gasteiger charge is -2.20. The predicted octanol–water partition coefficient (Wildman–Crippen LogP) is 2.50. The molecule has 0 aliphatic carbocycles. The Morgan fingerprint density at radius 1 is 1.15 bits per heavy atom. The first kappa shape index (κ1) is 19.5. The summed E-state index contributed by atoms with van der Waals surface area (Å²) in [5.74, 6) is -0.419. The van der Waals surface area contributed by atoms with Crippen LogP contribution in [0.3, 0.4) is 0 Å². The molecule has 9 heteroatoms. The van der Waals surface area contributed by atoms with Crippen LogP contribution in [0.25, 0.3) is 0 Å². The highest BCUT2D eigenvalue weighted by molar-refractivity contribution is 7.89. The van der Waals surface area contributed by atoms with Gasteiger partial charge in [0, 0.05) is 23.9 Å². The van der Waals surface area contributed by atoms with Crippen LogP contribution in [0.15, 0.2) is 52.4 Å². The van der Waals surface area contributed by atoms with Crippen LogP contribution < -0.4 is 9.83 Å². The number of benzene rings is 2. The summed E-state index contributed by atoms with van der Waals surface area (Å²) in [5.41, 5.74) is -0.525. The third kappa shape index (κ3) is 5.11. The van der Waals surface area contributed by atoms with E-state index in [0.717, 1.165) is 18.2 Å². The number of nitro benzene ring substituents is 1. The topological polar surface area (TPSA) is 125 Å². The Morgan fingerprint density at radius 3 is 2.46 bits per heavy atom. The van der Waals surface area contributed by atoms with Crippen molar-refractivity contribution >= 4 is 27.6 Å². The molecule has 1 N–H and O–H groups in total. The van der Waals surface area contributed by atoms with Crippen molar-refractivity contribution in [2.45, 2.75) is 31.2 Å². The van der Waals surface area contributed by atoms with E-state index < -0.39 is 26.2 Å². The van der Waals surface area contributed by atoms with E-state index in [1.807, 2.05) is 0 Å². The summed E-state index contributed by atoms with van der Waals surface area (Å²) in [6.45, 7) is 5.18. The van der Waals surface area contributed by atoms with Crippen LogP contribution in [0.1, 0.15) is 26.3 Å². The molecular weight excluding hydrogens is 358 g/mol. The zero-order chi connectivity index (χ0) is 19.5. The molecule has 0 unspecified atom stereocenters. The lowest BCUT2D eigenvalue weighted by atomic mass is 10.1. The predicted molar refractivity (Wildman–Crippen MR) is 96.3 cm³/mol. The number of sulfonamides is 1. The second-order valence-electron chi connectivity index (χ2n) is 6.59. The fourth-order valence-electron chi connectivity index (χ4n) is 2.09. The maximum Gasteiger partial charge on any atom is 0.270 e. The van der Waals surface area contributed by atoms with Crippen molar-refractivity contribution in [3.8, 4) is 5.75 Å². The molecule has 0 fully saturated rings. The minimum atomic E-state index is -3.72. The zero-order valence-electron chi connectivity index (χ0n) is 14.5. The van der Waals surface area contributed by atoms with Crippen LogP contribution in [0.2, 0.25) is 0 Å². The van der Waals surface area contributed by atoms with Gasteiger partial charge in [-0.15, -0.1) is 0 Å². The van der Waals surface area contributed by atoms with Crippen molar-refractivity contribution < 1.29 is 18.4 Å². The SMILES string of the molecule is CC(C)(C)NS(=O)(=O)c1cccc(N=Cc2cc([N+](=O)[O-])ccc2[O-])c1. The van der Waals surface area contributed by atoms with Crippen LogP contribution in [-0.2, 0) is 10.0 Å².